The highest BCUT2D eigenvalue weighted by atomic mass is 16.3. The van der Waals surface area contributed by atoms with Crippen LogP contribution in [0, 0.1) is 20.8 Å². The fourth-order valence-electron chi connectivity index (χ4n) is 2.64. The normalized spacial score (nSPS) is 12.7. The summed E-state index contributed by atoms with van der Waals surface area (Å²) in [5, 5.41) is 3.54. The molecule has 18 heavy (non-hydrogen) atoms. The van der Waals surface area contributed by atoms with Crippen LogP contribution in [-0.4, -0.2) is 0 Å². The number of hydrogen-bond donors (Lipinski definition) is 1. The van der Waals surface area contributed by atoms with Gasteiger partial charge in [-0.25, -0.2) is 0 Å². The molecule has 1 atom stereocenters. The Morgan fingerprint density at radius 1 is 1.17 bits per heavy atom. The molecule has 1 N–H and O–H groups in total. The van der Waals surface area contributed by atoms with Gasteiger partial charge < -0.3 is 9.73 Å². The zero-order valence-electron chi connectivity index (χ0n) is 11.6. The van der Waals surface area contributed by atoms with Crippen molar-refractivity contribution >= 4 is 0 Å². The van der Waals surface area contributed by atoms with E-state index in [1.807, 2.05) is 6.07 Å². The van der Waals surface area contributed by atoms with Gasteiger partial charge in [0.25, 0.3) is 0 Å². The van der Waals surface area contributed by atoms with Crippen molar-refractivity contribution in [3.05, 3.63) is 58.5 Å². The van der Waals surface area contributed by atoms with Gasteiger partial charge in [-0.3, -0.25) is 0 Å². The first-order chi connectivity index (χ1) is 8.58. The van der Waals surface area contributed by atoms with E-state index in [1.165, 1.54) is 27.8 Å². The van der Waals surface area contributed by atoms with Gasteiger partial charge in [0.15, 0.2) is 0 Å². The van der Waals surface area contributed by atoms with Crippen molar-refractivity contribution in [2.45, 2.75) is 40.3 Å². The summed E-state index contributed by atoms with van der Waals surface area (Å²) in [4.78, 5) is 0. The van der Waals surface area contributed by atoms with Crippen LogP contribution in [0.2, 0.25) is 0 Å². The molecule has 0 aliphatic heterocycles. The van der Waals surface area contributed by atoms with Gasteiger partial charge in [-0.1, -0.05) is 17.7 Å². The van der Waals surface area contributed by atoms with Crippen LogP contribution in [0.25, 0.3) is 0 Å². The number of nitrogens with one attached hydrogen (secondary N) is 1. The molecule has 2 heteroatoms. The van der Waals surface area contributed by atoms with Gasteiger partial charge in [-0.05, 0) is 50.5 Å². The van der Waals surface area contributed by atoms with E-state index in [0.29, 0.717) is 6.04 Å². The summed E-state index contributed by atoms with van der Waals surface area (Å²) in [7, 11) is 0. The number of rotatable bonds is 4. The van der Waals surface area contributed by atoms with E-state index in [1.54, 1.807) is 12.5 Å². The van der Waals surface area contributed by atoms with Crippen LogP contribution in [0.3, 0.4) is 0 Å². The minimum Gasteiger partial charge on any atom is -0.472 e. The SMILES string of the molecule is Cc1cc(C)c(C(C)NCc2ccoc2)c(C)c1. The van der Waals surface area contributed by atoms with E-state index in [4.69, 9.17) is 4.42 Å². The fourth-order valence-corrected chi connectivity index (χ4v) is 2.64. The molecule has 0 saturated carbocycles. The number of aryl methyl sites for hydroxylation is 3. The molecule has 2 rings (SSSR count). The second-order valence-electron chi connectivity index (χ2n) is 5.05. The zero-order chi connectivity index (χ0) is 13.1. The molecule has 1 aromatic heterocycles. The van der Waals surface area contributed by atoms with Gasteiger partial charge in [-0.2, -0.15) is 0 Å². The lowest BCUT2D eigenvalue weighted by atomic mass is 9.95. The molecule has 2 aromatic rings. The highest BCUT2D eigenvalue weighted by Crippen LogP contribution is 2.23. The minimum absolute atomic E-state index is 0.348. The predicted octanol–water partition coefficient (Wildman–Crippen LogP) is 4.06. The molecule has 0 aliphatic carbocycles. The first kappa shape index (κ1) is 12.9. The zero-order valence-corrected chi connectivity index (χ0v) is 11.6. The number of benzene rings is 1. The summed E-state index contributed by atoms with van der Waals surface area (Å²) in [6, 6.07) is 6.84. The molecule has 0 saturated heterocycles. The van der Waals surface area contributed by atoms with Crippen molar-refractivity contribution in [1.29, 1.82) is 0 Å². The van der Waals surface area contributed by atoms with Crippen molar-refractivity contribution in [3.63, 3.8) is 0 Å². The quantitative estimate of drug-likeness (QED) is 0.876. The highest BCUT2D eigenvalue weighted by Gasteiger charge is 2.11. The van der Waals surface area contributed by atoms with Crippen LogP contribution in [0.5, 0.6) is 0 Å². The maximum atomic E-state index is 5.08. The van der Waals surface area contributed by atoms with E-state index >= 15 is 0 Å². The molecule has 0 spiro atoms. The lowest BCUT2D eigenvalue weighted by Gasteiger charge is -2.19. The topological polar surface area (TPSA) is 25.2 Å². The summed E-state index contributed by atoms with van der Waals surface area (Å²) in [6.07, 6.45) is 3.50. The van der Waals surface area contributed by atoms with Crippen LogP contribution in [0.1, 0.15) is 40.8 Å². The van der Waals surface area contributed by atoms with Crippen LogP contribution in [0.15, 0.2) is 35.1 Å². The second-order valence-corrected chi connectivity index (χ2v) is 5.05. The lowest BCUT2D eigenvalue weighted by Crippen LogP contribution is -2.19. The smallest absolute Gasteiger partial charge is 0.0947 e. The minimum atomic E-state index is 0.348. The van der Waals surface area contributed by atoms with Gasteiger partial charge >= 0.3 is 0 Å². The second kappa shape index (κ2) is 5.40. The largest absolute Gasteiger partial charge is 0.472 e. The average molecular weight is 243 g/mol. The molecule has 0 amide bonds. The molecular formula is C16H21NO. The van der Waals surface area contributed by atoms with Gasteiger partial charge in [0.1, 0.15) is 0 Å². The fraction of sp³-hybridized carbons (Fsp3) is 0.375. The van der Waals surface area contributed by atoms with Gasteiger partial charge in [0, 0.05) is 18.2 Å². The highest BCUT2D eigenvalue weighted by molar-refractivity contribution is 5.39. The van der Waals surface area contributed by atoms with Crippen molar-refractivity contribution in [2.24, 2.45) is 0 Å². The summed E-state index contributed by atoms with van der Waals surface area (Å²) < 4.78 is 5.08. The third kappa shape index (κ3) is 2.82. The summed E-state index contributed by atoms with van der Waals surface area (Å²) >= 11 is 0. The van der Waals surface area contributed by atoms with E-state index in [2.05, 4.69) is 45.1 Å². The van der Waals surface area contributed by atoms with Crippen LogP contribution in [-0.2, 0) is 6.54 Å². The third-order valence-electron chi connectivity index (χ3n) is 3.36. The van der Waals surface area contributed by atoms with E-state index < -0.39 is 0 Å². The summed E-state index contributed by atoms with van der Waals surface area (Å²) in [5.74, 6) is 0. The average Bonchev–Trinajstić information content (AvgIpc) is 2.77. The van der Waals surface area contributed by atoms with Crippen LogP contribution in [0.4, 0.5) is 0 Å². The molecule has 0 fully saturated rings. The molecule has 1 aromatic carbocycles. The van der Waals surface area contributed by atoms with Gasteiger partial charge in [-0.15, -0.1) is 0 Å². The Balaban J connectivity index is 2.11. The molecule has 0 radical (unpaired) electrons. The Morgan fingerprint density at radius 2 is 1.83 bits per heavy atom. The Kier molecular flexibility index (Phi) is 3.87. The maximum Gasteiger partial charge on any atom is 0.0947 e. The molecule has 1 heterocycles. The van der Waals surface area contributed by atoms with E-state index in [0.717, 1.165) is 6.54 Å². The van der Waals surface area contributed by atoms with Crippen LogP contribution >= 0.6 is 0 Å². The molecule has 2 nitrogen and oxygen atoms in total. The predicted molar refractivity (Wildman–Crippen MR) is 74.6 cm³/mol. The molecule has 0 aliphatic rings. The van der Waals surface area contributed by atoms with Crippen LogP contribution < -0.4 is 5.32 Å². The Morgan fingerprint density at radius 3 is 2.39 bits per heavy atom. The maximum absolute atomic E-state index is 5.08. The first-order valence-corrected chi connectivity index (χ1v) is 6.40. The van der Waals surface area contributed by atoms with E-state index in [9.17, 15) is 0 Å². The summed E-state index contributed by atoms with van der Waals surface area (Å²) in [6.45, 7) is 9.57. The van der Waals surface area contributed by atoms with Crippen molar-refractivity contribution in [3.8, 4) is 0 Å². The molecular weight excluding hydrogens is 222 g/mol. The lowest BCUT2D eigenvalue weighted by molar-refractivity contribution is 0.545. The van der Waals surface area contributed by atoms with Gasteiger partial charge in [0.2, 0.25) is 0 Å². The van der Waals surface area contributed by atoms with E-state index in [-0.39, 0.29) is 0 Å². The third-order valence-corrected chi connectivity index (χ3v) is 3.36. The Bertz CT molecular complexity index is 491. The van der Waals surface area contributed by atoms with Crippen molar-refractivity contribution in [2.75, 3.05) is 0 Å². The first-order valence-electron chi connectivity index (χ1n) is 6.40. The summed E-state index contributed by atoms with van der Waals surface area (Å²) in [5.41, 5.74) is 6.64. The standard InChI is InChI=1S/C16H21NO/c1-11-7-12(2)16(13(3)8-11)14(4)17-9-15-5-6-18-10-15/h5-8,10,14,17H,9H2,1-4H3. The molecule has 96 valence electrons. The van der Waals surface area contributed by atoms with Crippen molar-refractivity contribution in [1.82, 2.24) is 5.32 Å². The number of hydrogen-bond acceptors (Lipinski definition) is 2. The number of furan rings is 1. The van der Waals surface area contributed by atoms with Gasteiger partial charge in [0.05, 0.1) is 12.5 Å². The molecule has 1 unspecified atom stereocenters. The Labute approximate surface area is 109 Å². The molecule has 0 bridgehead atoms. The monoisotopic (exact) mass is 243 g/mol. The Hall–Kier alpha value is -1.54. The van der Waals surface area contributed by atoms with Crippen molar-refractivity contribution < 1.29 is 4.42 Å².